The van der Waals surface area contributed by atoms with E-state index in [4.69, 9.17) is 5.73 Å². The molecule has 0 amide bonds. The van der Waals surface area contributed by atoms with Gasteiger partial charge < -0.3 is 5.73 Å². The van der Waals surface area contributed by atoms with E-state index in [-0.39, 0.29) is 16.1 Å². The van der Waals surface area contributed by atoms with Crippen LogP contribution in [-0.4, -0.2) is 27.0 Å². The van der Waals surface area contributed by atoms with Crippen LogP contribution in [0.15, 0.2) is 17.0 Å². The molecule has 1 aromatic rings. The number of sulfonamides is 1. The summed E-state index contributed by atoms with van der Waals surface area (Å²) in [6.45, 7) is 1.88. The maximum Gasteiger partial charge on any atom is 0.240 e. The van der Waals surface area contributed by atoms with Crippen LogP contribution in [0.25, 0.3) is 0 Å². The van der Waals surface area contributed by atoms with Crippen LogP contribution in [0, 0.1) is 12.7 Å². The van der Waals surface area contributed by atoms with Gasteiger partial charge in [-0.05, 0) is 49.5 Å². The van der Waals surface area contributed by atoms with Crippen LogP contribution in [-0.2, 0) is 10.0 Å². The molecule has 0 aliphatic heterocycles. The van der Waals surface area contributed by atoms with E-state index in [1.807, 2.05) is 6.26 Å². The molecule has 0 fully saturated rings. The SMILES string of the molecule is CSCCCCCNS(=O)(=O)c1cc(C)c(F)c(N)c1. The number of nitrogens with two attached hydrogens (primary N) is 1. The van der Waals surface area contributed by atoms with E-state index in [1.165, 1.54) is 13.0 Å². The van der Waals surface area contributed by atoms with Gasteiger partial charge in [-0.1, -0.05) is 6.42 Å². The summed E-state index contributed by atoms with van der Waals surface area (Å²) in [5, 5.41) is 0. The average molecular weight is 320 g/mol. The van der Waals surface area contributed by atoms with Crippen LogP contribution in [0.5, 0.6) is 0 Å². The molecular weight excluding hydrogens is 299 g/mol. The smallest absolute Gasteiger partial charge is 0.240 e. The van der Waals surface area contributed by atoms with Crippen LogP contribution in [0.1, 0.15) is 24.8 Å². The molecule has 0 heterocycles. The standard InChI is InChI=1S/C13H21FN2O2S2/c1-10-8-11(9-12(15)13(10)14)20(17,18)16-6-4-3-5-7-19-2/h8-9,16H,3-7,15H2,1-2H3. The van der Waals surface area contributed by atoms with Crippen molar-refractivity contribution < 1.29 is 12.8 Å². The van der Waals surface area contributed by atoms with Crippen molar-refractivity contribution in [2.45, 2.75) is 31.1 Å². The predicted octanol–water partition coefficient (Wildman–Crippen LogP) is 2.53. The van der Waals surface area contributed by atoms with Crippen LogP contribution < -0.4 is 10.5 Å². The second kappa shape index (κ2) is 7.85. The molecule has 0 bridgehead atoms. The Balaban J connectivity index is 2.61. The van der Waals surface area contributed by atoms with Gasteiger partial charge in [0.2, 0.25) is 10.0 Å². The lowest BCUT2D eigenvalue weighted by Crippen LogP contribution is -2.25. The quantitative estimate of drug-likeness (QED) is 0.570. The van der Waals surface area contributed by atoms with Crippen molar-refractivity contribution >= 4 is 27.5 Å². The number of thioether (sulfide) groups is 1. The number of benzene rings is 1. The minimum Gasteiger partial charge on any atom is -0.396 e. The molecule has 0 aromatic heterocycles. The van der Waals surface area contributed by atoms with E-state index < -0.39 is 15.8 Å². The molecule has 7 heteroatoms. The van der Waals surface area contributed by atoms with Gasteiger partial charge in [-0.15, -0.1) is 0 Å². The van der Waals surface area contributed by atoms with Crippen LogP contribution in [0.2, 0.25) is 0 Å². The molecule has 4 nitrogen and oxygen atoms in total. The normalized spacial score (nSPS) is 11.8. The first-order valence-corrected chi connectivity index (χ1v) is 9.30. The number of anilines is 1. The van der Waals surface area contributed by atoms with Crippen LogP contribution >= 0.6 is 11.8 Å². The Kier molecular flexibility index (Phi) is 6.78. The number of nitrogens with one attached hydrogen (secondary N) is 1. The fraction of sp³-hybridized carbons (Fsp3) is 0.538. The summed E-state index contributed by atoms with van der Waals surface area (Å²) in [7, 11) is -3.62. The first kappa shape index (κ1) is 17.3. The maximum atomic E-state index is 13.4. The number of rotatable bonds is 8. The Labute approximate surface area is 124 Å². The highest BCUT2D eigenvalue weighted by atomic mass is 32.2. The molecule has 114 valence electrons. The minimum absolute atomic E-state index is 0.0120. The van der Waals surface area contributed by atoms with Crippen molar-refractivity contribution in [3.63, 3.8) is 0 Å². The Morgan fingerprint density at radius 1 is 1.30 bits per heavy atom. The topological polar surface area (TPSA) is 72.2 Å². The van der Waals surface area contributed by atoms with Crippen molar-refractivity contribution in [1.29, 1.82) is 0 Å². The predicted molar refractivity (Wildman–Crippen MR) is 83.0 cm³/mol. The van der Waals surface area contributed by atoms with Gasteiger partial charge in [0.25, 0.3) is 0 Å². The van der Waals surface area contributed by atoms with E-state index >= 15 is 0 Å². The molecule has 0 spiro atoms. The van der Waals surface area contributed by atoms with Gasteiger partial charge in [0, 0.05) is 6.54 Å². The third-order valence-corrected chi connectivity index (χ3v) is 5.02. The highest BCUT2D eigenvalue weighted by Crippen LogP contribution is 2.20. The first-order chi connectivity index (χ1) is 9.38. The van der Waals surface area contributed by atoms with Crippen molar-refractivity contribution in [3.05, 3.63) is 23.5 Å². The minimum atomic E-state index is -3.62. The van der Waals surface area contributed by atoms with E-state index in [0.29, 0.717) is 6.54 Å². The van der Waals surface area contributed by atoms with Gasteiger partial charge >= 0.3 is 0 Å². The van der Waals surface area contributed by atoms with E-state index in [2.05, 4.69) is 4.72 Å². The zero-order valence-corrected chi connectivity index (χ0v) is 13.4. The molecule has 1 rings (SSSR count). The largest absolute Gasteiger partial charge is 0.396 e. The summed E-state index contributed by atoms with van der Waals surface area (Å²) < 4.78 is 40.0. The Morgan fingerprint density at radius 2 is 2.00 bits per heavy atom. The average Bonchev–Trinajstić information content (AvgIpc) is 2.39. The van der Waals surface area contributed by atoms with E-state index in [0.717, 1.165) is 31.1 Å². The lowest BCUT2D eigenvalue weighted by molar-refractivity contribution is 0.575. The van der Waals surface area contributed by atoms with Gasteiger partial charge in [0.1, 0.15) is 5.82 Å². The third-order valence-electron chi connectivity index (χ3n) is 2.88. The molecule has 0 unspecified atom stereocenters. The number of aryl methyl sites for hydroxylation is 1. The zero-order valence-electron chi connectivity index (χ0n) is 11.8. The molecule has 0 radical (unpaired) electrons. The summed E-state index contributed by atoms with van der Waals surface area (Å²) in [5.74, 6) is 0.515. The lowest BCUT2D eigenvalue weighted by Gasteiger charge is -2.09. The van der Waals surface area contributed by atoms with Crippen molar-refractivity contribution in [2.24, 2.45) is 0 Å². The van der Waals surface area contributed by atoms with Crippen LogP contribution in [0.4, 0.5) is 10.1 Å². The van der Waals surface area contributed by atoms with Gasteiger partial charge in [-0.25, -0.2) is 17.5 Å². The zero-order chi connectivity index (χ0) is 15.2. The van der Waals surface area contributed by atoms with Gasteiger partial charge in [0.05, 0.1) is 10.6 Å². The first-order valence-electron chi connectivity index (χ1n) is 6.42. The van der Waals surface area contributed by atoms with Crippen LogP contribution in [0.3, 0.4) is 0 Å². The molecule has 0 saturated heterocycles. The number of nitrogen functional groups attached to an aromatic ring is 1. The van der Waals surface area contributed by atoms with E-state index in [9.17, 15) is 12.8 Å². The summed E-state index contributed by atoms with van der Waals surface area (Å²) in [6, 6.07) is 2.44. The highest BCUT2D eigenvalue weighted by molar-refractivity contribution is 7.98. The van der Waals surface area contributed by atoms with Crippen molar-refractivity contribution in [2.75, 3.05) is 24.3 Å². The van der Waals surface area contributed by atoms with Gasteiger partial charge in [-0.2, -0.15) is 11.8 Å². The van der Waals surface area contributed by atoms with Crippen molar-refractivity contribution in [1.82, 2.24) is 4.72 Å². The Hall–Kier alpha value is -0.790. The second-order valence-corrected chi connectivity index (χ2v) is 7.35. The monoisotopic (exact) mass is 320 g/mol. The van der Waals surface area contributed by atoms with E-state index in [1.54, 1.807) is 11.8 Å². The third kappa shape index (κ3) is 4.96. The fourth-order valence-corrected chi connectivity index (χ4v) is 3.44. The molecule has 0 saturated carbocycles. The second-order valence-electron chi connectivity index (χ2n) is 4.59. The summed E-state index contributed by atoms with van der Waals surface area (Å²) >= 11 is 1.78. The molecule has 0 atom stereocenters. The molecule has 1 aromatic carbocycles. The lowest BCUT2D eigenvalue weighted by atomic mass is 10.2. The Bertz CT molecular complexity index is 524. The molecular formula is C13H21FN2O2S2. The summed E-state index contributed by atoms with van der Waals surface area (Å²) in [5.41, 5.74) is 5.54. The summed E-state index contributed by atoms with van der Waals surface area (Å²) in [4.78, 5) is 0.0120. The fourth-order valence-electron chi connectivity index (χ4n) is 1.76. The number of halogens is 1. The number of unbranched alkanes of at least 4 members (excludes halogenated alkanes) is 2. The molecule has 20 heavy (non-hydrogen) atoms. The van der Waals surface area contributed by atoms with Crippen molar-refractivity contribution in [3.8, 4) is 0 Å². The number of hydrogen-bond donors (Lipinski definition) is 2. The Morgan fingerprint density at radius 3 is 2.60 bits per heavy atom. The molecule has 3 N–H and O–H groups in total. The maximum absolute atomic E-state index is 13.4. The van der Waals surface area contributed by atoms with Gasteiger partial charge in [-0.3, -0.25) is 0 Å². The summed E-state index contributed by atoms with van der Waals surface area (Å²) in [6.07, 6.45) is 4.89. The molecule has 0 aliphatic carbocycles. The number of hydrogen-bond acceptors (Lipinski definition) is 4. The molecule has 0 aliphatic rings. The van der Waals surface area contributed by atoms with Gasteiger partial charge in [0.15, 0.2) is 0 Å². The highest BCUT2D eigenvalue weighted by Gasteiger charge is 2.16.